The molecule has 4 bridgehead atoms. The third kappa shape index (κ3) is 3.29. The van der Waals surface area contributed by atoms with E-state index in [0.29, 0.717) is 24.8 Å². The second-order valence-corrected chi connectivity index (χ2v) is 9.47. The van der Waals surface area contributed by atoms with Crippen LogP contribution in [0.15, 0.2) is 24.3 Å². The number of hydrogen-bond acceptors (Lipinski definition) is 3. The SMILES string of the molecule is COc1ccc(C23CC4CC(CC(C(=O)N(C)CCCC(=O)O)(C4)C2)C3)cc1. The molecule has 2 atom stereocenters. The number of aliphatic carboxylic acids is 1. The monoisotopic (exact) mass is 385 g/mol. The van der Waals surface area contributed by atoms with Gasteiger partial charge in [0, 0.05) is 20.0 Å². The number of methoxy groups -OCH3 is 1. The van der Waals surface area contributed by atoms with Gasteiger partial charge in [-0.05, 0) is 79.9 Å². The van der Waals surface area contributed by atoms with Crippen molar-refractivity contribution in [3.8, 4) is 5.75 Å². The normalized spacial score (nSPS) is 32.9. The molecule has 1 amide bonds. The zero-order chi connectivity index (χ0) is 19.9. The fourth-order valence-electron chi connectivity index (χ4n) is 6.77. The van der Waals surface area contributed by atoms with Crippen molar-refractivity contribution in [1.82, 2.24) is 4.90 Å². The largest absolute Gasteiger partial charge is 0.497 e. The third-order valence-corrected chi connectivity index (χ3v) is 7.45. The van der Waals surface area contributed by atoms with E-state index in [9.17, 15) is 9.59 Å². The molecule has 4 aliphatic carbocycles. The van der Waals surface area contributed by atoms with E-state index in [0.717, 1.165) is 25.0 Å². The van der Waals surface area contributed by atoms with Gasteiger partial charge in [0.05, 0.1) is 12.5 Å². The van der Waals surface area contributed by atoms with Crippen LogP contribution in [0.3, 0.4) is 0 Å². The van der Waals surface area contributed by atoms with Gasteiger partial charge in [0.25, 0.3) is 0 Å². The average molecular weight is 386 g/mol. The number of carboxylic acids is 1. The van der Waals surface area contributed by atoms with E-state index in [-0.39, 0.29) is 23.2 Å². The molecule has 1 aromatic rings. The Morgan fingerprint density at radius 1 is 1.14 bits per heavy atom. The zero-order valence-corrected chi connectivity index (χ0v) is 16.9. The Bertz CT molecular complexity index is 742. The minimum absolute atomic E-state index is 0.105. The smallest absolute Gasteiger partial charge is 0.303 e. The molecule has 5 heteroatoms. The first-order valence-corrected chi connectivity index (χ1v) is 10.5. The van der Waals surface area contributed by atoms with Gasteiger partial charge in [0.1, 0.15) is 5.75 Å². The molecule has 0 saturated heterocycles. The number of benzene rings is 1. The van der Waals surface area contributed by atoms with E-state index in [1.54, 1.807) is 12.0 Å². The summed E-state index contributed by atoms with van der Waals surface area (Å²) in [6.45, 7) is 0.526. The van der Waals surface area contributed by atoms with Crippen molar-refractivity contribution >= 4 is 11.9 Å². The van der Waals surface area contributed by atoms with Crippen LogP contribution in [0.4, 0.5) is 0 Å². The van der Waals surface area contributed by atoms with Gasteiger partial charge in [0.2, 0.25) is 5.91 Å². The summed E-state index contributed by atoms with van der Waals surface area (Å²) in [5.74, 6) is 1.57. The number of carbonyl (C=O) groups is 2. The lowest BCUT2D eigenvalue weighted by Gasteiger charge is -2.62. The predicted octanol–water partition coefficient (Wildman–Crippen LogP) is 3.86. The van der Waals surface area contributed by atoms with Crippen LogP contribution in [0.2, 0.25) is 0 Å². The van der Waals surface area contributed by atoms with Crippen molar-refractivity contribution in [2.24, 2.45) is 17.3 Å². The fraction of sp³-hybridized carbons (Fsp3) is 0.652. The maximum atomic E-state index is 13.5. The Morgan fingerprint density at radius 3 is 2.36 bits per heavy atom. The summed E-state index contributed by atoms with van der Waals surface area (Å²) in [5, 5.41) is 8.88. The van der Waals surface area contributed by atoms with Crippen LogP contribution in [0.5, 0.6) is 5.75 Å². The number of rotatable bonds is 7. The van der Waals surface area contributed by atoms with Crippen LogP contribution in [0.1, 0.15) is 56.9 Å². The summed E-state index contributed by atoms with van der Waals surface area (Å²) < 4.78 is 5.33. The molecular formula is C23H31NO4. The van der Waals surface area contributed by atoms with E-state index in [1.165, 1.54) is 24.8 Å². The number of hydrogen-bond donors (Lipinski definition) is 1. The molecule has 28 heavy (non-hydrogen) atoms. The van der Waals surface area contributed by atoms with Crippen molar-refractivity contribution < 1.29 is 19.4 Å². The van der Waals surface area contributed by atoms with Crippen LogP contribution >= 0.6 is 0 Å². The number of carbonyl (C=O) groups excluding carboxylic acids is 1. The van der Waals surface area contributed by atoms with Crippen molar-refractivity contribution in [1.29, 1.82) is 0 Å². The molecule has 5 rings (SSSR count). The molecule has 4 saturated carbocycles. The first kappa shape index (κ1) is 19.3. The lowest BCUT2D eigenvalue weighted by molar-refractivity contribution is -0.159. The van der Waals surface area contributed by atoms with E-state index in [4.69, 9.17) is 9.84 Å². The Balaban J connectivity index is 1.56. The summed E-state index contributed by atoms with van der Waals surface area (Å²) in [6.07, 6.45) is 7.21. The van der Waals surface area contributed by atoms with Gasteiger partial charge in [-0.15, -0.1) is 0 Å². The summed E-state index contributed by atoms with van der Waals surface area (Å²) >= 11 is 0. The van der Waals surface area contributed by atoms with Crippen LogP contribution in [-0.2, 0) is 15.0 Å². The highest BCUT2D eigenvalue weighted by atomic mass is 16.5. The number of ether oxygens (including phenoxy) is 1. The highest BCUT2D eigenvalue weighted by Crippen LogP contribution is 2.66. The second kappa shape index (κ2) is 7.09. The molecule has 152 valence electrons. The van der Waals surface area contributed by atoms with Gasteiger partial charge in [0.15, 0.2) is 0 Å². The molecular weight excluding hydrogens is 354 g/mol. The van der Waals surface area contributed by atoms with Crippen LogP contribution in [0.25, 0.3) is 0 Å². The maximum absolute atomic E-state index is 13.5. The topological polar surface area (TPSA) is 66.8 Å². The fourth-order valence-corrected chi connectivity index (χ4v) is 6.77. The summed E-state index contributed by atoms with van der Waals surface area (Å²) in [5.41, 5.74) is 1.20. The van der Waals surface area contributed by atoms with E-state index >= 15 is 0 Å². The second-order valence-electron chi connectivity index (χ2n) is 9.47. The van der Waals surface area contributed by atoms with Gasteiger partial charge in [-0.25, -0.2) is 0 Å². The van der Waals surface area contributed by atoms with Crippen molar-refractivity contribution in [2.45, 2.75) is 56.8 Å². The van der Waals surface area contributed by atoms with Gasteiger partial charge in [-0.3, -0.25) is 9.59 Å². The molecule has 0 spiro atoms. The Labute approximate surface area is 167 Å². The average Bonchev–Trinajstić information content (AvgIpc) is 2.66. The molecule has 0 heterocycles. The first-order chi connectivity index (χ1) is 13.4. The summed E-state index contributed by atoms with van der Waals surface area (Å²) in [4.78, 5) is 26.1. The molecule has 0 radical (unpaired) electrons. The van der Waals surface area contributed by atoms with Gasteiger partial charge >= 0.3 is 5.97 Å². The highest BCUT2D eigenvalue weighted by Gasteiger charge is 2.61. The predicted molar refractivity (Wildman–Crippen MR) is 106 cm³/mol. The minimum atomic E-state index is -0.797. The maximum Gasteiger partial charge on any atom is 0.303 e. The van der Waals surface area contributed by atoms with E-state index in [2.05, 4.69) is 12.1 Å². The summed E-state index contributed by atoms with van der Waals surface area (Å²) in [6, 6.07) is 8.47. The minimum Gasteiger partial charge on any atom is -0.497 e. The van der Waals surface area contributed by atoms with Crippen LogP contribution in [0, 0.1) is 17.3 Å². The molecule has 5 nitrogen and oxygen atoms in total. The van der Waals surface area contributed by atoms with Gasteiger partial charge in [-0.2, -0.15) is 0 Å². The van der Waals surface area contributed by atoms with Crippen molar-refractivity contribution in [2.75, 3.05) is 20.7 Å². The standard InChI is InChI=1S/C23H31NO4/c1-24(9-3-4-20(25)26)21(27)23-13-16-10-17(14-23)12-22(11-16,15-23)18-5-7-19(28-2)8-6-18/h5-8,16-17H,3-4,9-15H2,1-2H3,(H,25,26). The molecule has 1 aromatic carbocycles. The zero-order valence-electron chi connectivity index (χ0n) is 16.9. The molecule has 0 aromatic heterocycles. The van der Waals surface area contributed by atoms with E-state index in [1.807, 2.05) is 19.2 Å². The van der Waals surface area contributed by atoms with Crippen LogP contribution < -0.4 is 4.74 Å². The Hall–Kier alpha value is -2.04. The molecule has 1 N–H and O–H groups in total. The van der Waals surface area contributed by atoms with Crippen LogP contribution in [-0.4, -0.2) is 42.6 Å². The van der Waals surface area contributed by atoms with Gasteiger partial charge in [-0.1, -0.05) is 12.1 Å². The highest BCUT2D eigenvalue weighted by molar-refractivity contribution is 5.83. The Morgan fingerprint density at radius 2 is 1.79 bits per heavy atom. The molecule has 2 unspecified atom stereocenters. The van der Waals surface area contributed by atoms with Gasteiger partial charge < -0.3 is 14.7 Å². The lowest BCUT2D eigenvalue weighted by Crippen LogP contribution is -2.59. The number of nitrogens with zero attached hydrogens (tertiary/aromatic N) is 1. The van der Waals surface area contributed by atoms with E-state index < -0.39 is 5.97 Å². The quantitative estimate of drug-likeness (QED) is 0.774. The molecule has 4 fully saturated rings. The Kier molecular flexibility index (Phi) is 4.88. The third-order valence-electron chi connectivity index (χ3n) is 7.45. The lowest BCUT2D eigenvalue weighted by atomic mass is 9.42. The first-order valence-electron chi connectivity index (χ1n) is 10.5. The number of amides is 1. The summed E-state index contributed by atoms with van der Waals surface area (Å²) in [7, 11) is 3.54. The van der Waals surface area contributed by atoms with Crippen molar-refractivity contribution in [3.05, 3.63) is 29.8 Å². The molecule has 4 aliphatic rings. The molecule has 0 aliphatic heterocycles. The number of carboxylic acid groups (broad SMARTS) is 1. The van der Waals surface area contributed by atoms with Crippen molar-refractivity contribution in [3.63, 3.8) is 0 Å².